The molecule has 1 unspecified atom stereocenters. The van der Waals surface area contributed by atoms with Gasteiger partial charge in [0.2, 0.25) is 0 Å². The molecule has 1 aromatic carbocycles. The van der Waals surface area contributed by atoms with E-state index in [2.05, 4.69) is 5.32 Å². The molecule has 1 amide bonds. The van der Waals surface area contributed by atoms with Gasteiger partial charge in [0.1, 0.15) is 5.78 Å². The normalized spacial score (nSPS) is 25.4. The Morgan fingerprint density at radius 1 is 1.11 bits per heavy atom. The van der Waals surface area contributed by atoms with Crippen molar-refractivity contribution in [3.63, 3.8) is 0 Å². The summed E-state index contributed by atoms with van der Waals surface area (Å²) < 4.78 is 5.38. The number of nitrogens with one attached hydrogen (secondary N) is 1. The summed E-state index contributed by atoms with van der Waals surface area (Å²) in [6, 6.07) is 6.71. The molecule has 144 valence electrons. The van der Waals surface area contributed by atoms with Gasteiger partial charge in [-0.05, 0) is 51.7 Å². The summed E-state index contributed by atoms with van der Waals surface area (Å²) in [7, 11) is 0. The molecule has 0 aliphatic heterocycles. The van der Waals surface area contributed by atoms with E-state index in [1.54, 1.807) is 24.3 Å². The summed E-state index contributed by atoms with van der Waals surface area (Å²) in [5, 5.41) is 2.66. The van der Waals surface area contributed by atoms with Gasteiger partial charge in [0, 0.05) is 17.4 Å². The highest BCUT2D eigenvalue weighted by molar-refractivity contribution is 6.04. The number of para-hydroxylation sites is 1. The van der Waals surface area contributed by atoms with Crippen LogP contribution < -0.4 is 5.32 Å². The standard InChI is InChI=1S/C21H25NO5/c1-12(23)17-8-3-4-9-18(17)22-20(25)13(2)27-21(26)16-10-14-6-5-7-15(11-16)19(14)24/h3-4,8-9,13-16H,5-7,10-11H2,1-2H3,(H,22,25)/t13-,14-,15+,16?/m0/s1. The average Bonchev–Trinajstić information content (AvgIpc) is 2.61. The van der Waals surface area contributed by atoms with Gasteiger partial charge in [-0.25, -0.2) is 0 Å². The number of fused-ring (bicyclic) bond motifs is 2. The number of esters is 1. The van der Waals surface area contributed by atoms with Crippen LogP contribution in [-0.4, -0.2) is 29.5 Å². The van der Waals surface area contributed by atoms with Crippen molar-refractivity contribution < 1.29 is 23.9 Å². The molecule has 3 rings (SSSR count). The number of hydrogen-bond donors (Lipinski definition) is 1. The van der Waals surface area contributed by atoms with Gasteiger partial charge in [0.25, 0.3) is 5.91 Å². The van der Waals surface area contributed by atoms with E-state index < -0.39 is 18.0 Å². The Labute approximate surface area is 158 Å². The van der Waals surface area contributed by atoms with Crippen molar-refractivity contribution in [1.82, 2.24) is 0 Å². The fourth-order valence-electron chi connectivity index (χ4n) is 4.13. The second-order valence-electron chi connectivity index (χ2n) is 7.57. The largest absolute Gasteiger partial charge is 0.452 e. The first kappa shape index (κ1) is 19.3. The number of Topliss-reactive ketones (excluding diaryl/α,β-unsaturated/α-hetero) is 2. The predicted molar refractivity (Wildman–Crippen MR) is 99.2 cm³/mol. The molecule has 0 spiro atoms. The Hall–Kier alpha value is -2.50. The molecular weight excluding hydrogens is 346 g/mol. The smallest absolute Gasteiger partial charge is 0.309 e. The predicted octanol–water partition coefficient (Wildman–Crippen LogP) is 3.15. The van der Waals surface area contributed by atoms with Gasteiger partial charge in [-0.1, -0.05) is 18.6 Å². The summed E-state index contributed by atoms with van der Waals surface area (Å²) in [6.45, 7) is 2.94. The molecule has 6 heteroatoms. The third-order valence-corrected chi connectivity index (χ3v) is 5.61. The van der Waals surface area contributed by atoms with Crippen LogP contribution in [0.3, 0.4) is 0 Å². The molecule has 27 heavy (non-hydrogen) atoms. The van der Waals surface area contributed by atoms with E-state index in [0.29, 0.717) is 24.1 Å². The zero-order valence-electron chi connectivity index (χ0n) is 15.7. The van der Waals surface area contributed by atoms with Gasteiger partial charge in [-0.2, -0.15) is 0 Å². The fourth-order valence-corrected chi connectivity index (χ4v) is 4.13. The lowest BCUT2D eigenvalue weighted by molar-refractivity contribution is -0.161. The Morgan fingerprint density at radius 2 is 1.74 bits per heavy atom. The molecule has 4 atom stereocenters. The molecule has 1 N–H and O–H groups in total. The van der Waals surface area contributed by atoms with Crippen LogP contribution >= 0.6 is 0 Å². The van der Waals surface area contributed by atoms with Crippen molar-refractivity contribution in [3.05, 3.63) is 29.8 Å². The van der Waals surface area contributed by atoms with Crippen molar-refractivity contribution in [1.29, 1.82) is 0 Å². The fraction of sp³-hybridized carbons (Fsp3) is 0.524. The Bertz CT molecular complexity index is 756. The molecule has 2 fully saturated rings. The number of carbonyl (C=O) groups is 4. The third-order valence-electron chi connectivity index (χ3n) is 5.61. The zero-order valence-corrected chi connectivity index (χ0v) is 15.7. The lowest BCUT2D eigenvalue weighted by Gasteiger charge is -2.36. The number of benzene rings is 1. The molecule has 2 aliphatic rings. The zero-order chi connectivity index (χ0) is 19.6. The Balaban J connectivity index is 1.59. The van der Waals surface area contributed by atoms with Crippen molar-refractivity contribution in [2.24, 2.45) is 17.8 Å². The third kappa shape index (κ3) is 4.26. The molecule has 1 aromatic rings. The van der Waals surface area contributed by atoms with Crippen LogP contribution in [0.2, 0.25) is 0 Å². The van der Waals surface area contributed by atoms with Crippen LogP contribution in [0, 0.1) is 17.8 Å². The molecule has 2 bridgehead atoms. The number of ketones is 2. The summed E-state index contributed by atoms with van der Waals surface area (Å²) in [6.07, 6.45) is 2.80. The summed E-state index contributed by atoms with van der Waals surface area (Å²) in [5.41, 5.74) is 0.804. The highest BCUT2D eigenvalue weighted by Crippen LogP contribution is 2.40. The molecule has 0 aromatic heterocycles. The SMILES string of the molecule is CC(=O)c1ccccc1NC(=O)[C@H](C)OC(=O)C1C[C@H]2CCC[C@@H](C1)C2=O. The van der Waals surface area contributed by atoms with Gasteiger partial charge >= 0.3 is 5.97 Å². The second-order valence-corrected chi connectivity index (χ2v) is 7.57. The van der Waals surface area contributed by atoms with Gasteiger partial charge in [-0.15, -0.1) is 0 Å². The maximum Gasteiger partial charge on any atom is 0.309 e. The minimum absolute atomic E-state index is 0.0402. The molecule has 6 nitrogen and oxygen atoms in total. The quantitative estimate of drug-likeness (QED) is 0.634. The molecule has 0 heterocycles. The van der Waals surface area contributed by atoms with E-state index in [-0.39, 0.29) is 29.3 Å². The van der Waals surface area contributed by atoms with Crippen molar-refractivity contribution in [2.45, 2.75) is 52.1 Å². The lowest BCUT2D eigenvalue weighted by atomic mass is 9.67. The van der Waals surface area contributed by atoms with E-state index in [4.69, 9.17) is 4.74 Å². The van der Waals surface area contributed by atoms with Crippen LogP contribution in [0.1, 0.15) is 56.3 Å². The van der Waals surface area contributed by atoms with Crippen LogP contribution in [0.25, 0.3) is 0 Å². The second kappa shape index (κ2) is 8.03. The average molecular weight is 371 g/mol. The minimum atomic E-state index is -0.977. The summed E-state index contributed by atoms with van der Waals surface area (Å²) >= 11 is 0. The van der Waals surface area contributed by atoms with Gasteiger partial charge in [0.05, 0.1) is 11.6 Å². The van der Waals surface area contributed by atoms with Gasteiger partial charge in [-0.3, -0.25) is 19.2 Å². The minimum Gasteiger partial charge on any atom is -0.452 e. The van der Waals surface area contributed by atoms with Gasteiger partial charge in [0.15, 0.2) is 11.9 Å². The van der Waals surface area contributed by atoms with Gasteiger partial charge < -0.3 is 10.1 Å². The van der Waals surface area contributed by atoms with E-state index >= 15 is 0 Å². The highest BCUT2D eigenvalue weighted by atomic mass is 16.5. The maximum absolute atomic E-state index is 12.5. The number of amides is 1. The maximum atomic E-state index is 12.5. The monoisotopic (exact) mass is 371 g/mol. The van der Waals surface area contributed by atoms with Crippen LogP contribution in [0.15, 0.2) is 24.3 Å². The first-order valence-corrected chi connectivity index (χ1v) is 9.52. The van der Waals surface area contributed by atoms with Crippen molar-refractivity contribution >= 4 is 29.1 Å². The number of rotatable bonds is 5. The lowest BCUT2D eigenvalue weighted by Crippen LogP contribution is -2.41. The van der Waals surface area contributed by atoms with E-state index in [0.717, 1.165) is 19.3 Å². The number of hydrogen-bond acceptors (Lipinski definition) is 5. The molecular formula is C21H25NO5. The first-order valence-electron chi connectivity index (χ1n) is 9.52. The summed E-state index contributed by atoms with van der Waals surface area (Å²) in [4.78, 5) is 48.7. The number of carbonyl (C=O) groups excluding carboxylic acids is 4. The first-order chi connectivity index (χ1) is 12.9. The van der Waals surface area contributed by atoms with Crippen LogP contribution in [-0.2, 0) is 19.1 Å². The highest BCUT2D eigenvalue weighted by Gasteiger charge is 2.42. The van der Waals surface area contributed by atoms with E-state index in [9.17, 15) is 19.2 Å². The molecule has 2 aliphatic carbocycles. The molecule has 0 saturated heterocycles. The molecule has 0 radical (unpaired) electrons. The number of ether oxygens (including phenoxy) is 1. The number of anilines is 1. The van der Waals surface area contributed by atoms with E-state index in [1.165, 1.54) is 13.8 Å². The molecule has 2 saturated carbocycles. The van der Waals surface area contributed by atoms with Crippen molar-refractivity contribution in [2.75, 3.05) is 5.32 Å². The Kier molecular flexibility index (Phi) is 5.73. The van der Waals surface area contributed by atoms with E-state index in [1.807, 2.05) is 0 Å². The van der Waals surface area contributed by atoms with Crippen LogP contribution in [0.4, 0.5) is 5.69 Å². The Morgan fingerprint density at radius 3 is 2.37 bits per heavy atom. The van der Waals surface area contributed by atoms with Crippen LogP contribution in [0.5, 0.6) is 0 Å². The summed E-state index contributed by atoms with van der Waals surface area (Å²) in [5.74, 6) is -1.17. The van der Waals surface area contributed by atoms with Crippen molar-refractivity contribution in [3.8, 4) is 0 Å². The topological polar surface area (TPSA) is 89.5 Å².